The van der Waals surface area contributed by atoms with Crippen LogP contribution in [0.2, 0.25) is 0 Å². The summed E-state index contributed by atoms with van der Waals surface area (Å²) in [7, 11) is -0.915. The van der Waals surface area contributed by atoms with Gasteiger partial charge < -0.3 is 4.74 Å². The van der Waals surface area contributed by atoms with Crippen LogP contribution in [0.5, 0.6) is 0 Å². The molecule has 0 saturated heterocycles. The quantitative estimate of drug-likeness (QED) is 0.0844. The van der Waals surface area contributed by atoms with Gasteiger partial charge in [-0.2, -0.15) is 127 Å². The molecule has 1 spiro atoms. The molecule has 0 N–H and O–H groups in total. The molecule has 0 amide bonds. The van der Waals surface area contributed by atoms with Crippen molar-refractivity contribution in [1.29, 1.82) is 0 Å². The summed E-state index contributed by atoms with van der Waals surface area (Å²) in [6.07, 6.45) is -36.3. The van der Waals surface area contributed by atoms with Crippen molar-refractivity contribution in [1.82, 2.24) is 0 Å². The average Bonchev–Trinajstić information content (AvgIpc) is 1.55. The normalized spacial score (nSPS) is 16.9. The topological polar surface area (TPSA) is 21.6 Å². The van der Waals surface area contributed by atoms with Gasteiger partial charge in [0.05, 0.1) is 51.1 Å². The predicted molar refractivity (Wildman–Crippen MR) is 407 cm³/mol. The van der Waals surface area contributed by atoms with Crippen LogP contribution in [0.25, 0.3) is 0 Å². The van der Waals surface area contributed by atoms with E-state index in [1.165, 1.54) is 86.1 Å². The number of halogens is 24. The SMILES string of the molecule is CC(C)(C)c1cc(P(c2cc(C(C)(C)C)cc(C(C)(C)C)c2)c2cccc3c2[C@]2(CCc4cccc(C5=NCCO5)c42)CC3)cc(C(C)(C)C)c1.FC(F)(F)c1cc([B-](c2cc(C(F)(F)F)cc(C(F)(F)F)c2)(c2cc(C(F)(F)F)cc(C(F)(F)F)c2)c2cc(C(F)(F)F)cc(C(F)(F)F)c2)cc(C(F)(F)F)c1.[CH]1[CH]CC[CH][CH]CC1.[Ir]. The zero-order valence-electron chi connectivity index (χ0n) is 65.5. The Labute approximate surface area is 679 Å². The van der Waals surface area contributed by atoms with E-state index >= 15 is 0 Å². The maximum absolute atomic E-state index is 14.2. The summed E-state index contributed by atoms with van der Waals surface area (Å²) >= 11 is 0. The Morgan fingerprint density at radius 3 is 0.829 bits per heavy atom. The Bertz CT molecular complexity index is 4350. The van der Waals surface area contributed by atoms with Gasteiger partial charge in [0, 0.05) is 31.1 Å². The van der Waals surface area contributed by atoms with Gasteiger partial charge in [-0.25, -0.2) is 4.99 Å². The van der Waals surface area contributed by atoms with Crippen molar-refractivity contribution in [3.8, 4) is 0 Å². The Morgan fingerprint density at radius 2 is 0.581 bits per heavy atom. The fraction of sp³-hybridized carbons (Fsp3) is 0.398. The zero-order chi connectivity index (χ0) is 86.3. The molecule has 29 heteroatoms. The number of nitrogens with zero attached hydrogens (tertiary/aromatic N) is 1. The third-order valence-corrected chi connectivity index (χ3v) is 23.9. The summed E-state index contributed by atoms with van der Waals surface area (Å²) in [4.78, 5) is 4.88. The summed E-state index contributed by atoms with van der Waals surface area (Å²) in [5.41, 5.74) is -17.1. The van der Waals surface area contributed by atoms with Gasteiger partial charge in [-0.15, -0.1) is 0 Å². The second-order valence-corrected chi connectivity index (χ2v) is 36.1. The van der Waals surface area contributed by atoms with E-state index in [0.29, 0.717) is 6.61 Å². The number of hydrogen-bond acceptors (Lipinski definition) is 2. The van der Waals surface area contributed by atoms with Crippen LogP contribution in [0.3, 0.4) is 0 Å². The minimum absolute atomic E-state index is 0. The molecular weight excluding hydrogens is 1780 g/mol. The number of rotatable bonds is 8. The van der Waals surface area contributed by atoms with Gasteiger partial charge >= 0.3 is 49.4 Å². The van der Waals surface area contributed by atoms with Crippen molar-refractivity contribution in [2.75, 3.05) is 13.2 Å². The van der Waals surface area contributed by atoms with Crippen LogP contribution >= 0.6 is 7.92 Å². The van der Waals surface area contributed by atoms with Gasteiger partial charge in [0.2, 0.25) is 5.90 Å². The molecule has 1 fully saturated rings. The van der Waals surface area contributed by atoms with Crippen LogP contribution in [-0.2, 0) is 114 Å². The number of benzene rings is 8. The van der Waals surface area contributed by atoms with E-state index in [1.54, 1.807) is 5.56 Å². The maximum Gasteiger partial charge on any atom is 0.416 e. The van der Waals surface area contributed by atoms with Gasteiger partial charge in [0.15, 0.2) is 0 Å². The molecule has 1 atom stereocenters. The van der Waals surface area contributed by atoms with E-state index in [0.717, 1.165) is 38.1 Å². The molecule has 12 rings (SSSR count). The van der Waals surface area contributed by atoms with E-state index in [-0.39, 0.29) is 47.2 Å². The molecule has 8 aromatic rings. The van der Waals surface area contributed by atoms with E-state index in [2.05, 4.69) is 182 Å². The number of fused-ring (bicyclic) bond motifs is 4. The molecular formula is C88H84BF24IrNOP-. The van der Waals surface area contributed by atoms with Crippen molar-refractivity contribution < 1.29 is 130 Å². The molecule has 1 saturated carbocycles. The average molecular weight is 1860 g/mol. The Morgan fingerprint density at radius 1 is 0.325 bits per heavy atom. The molecule has 0 unspecified atom stereocenters. The maximum atomic E-state index is 14.2. The van der Waals surface area contributed by atoms with Crippen LogP contribution in [0, 0.1) is 25.7 Å². The summed E-state index contributed by atoms with van der Waals surface area (Å²) in [6.45, 7) is 29.9. The minimum atomic E-state index is -6.13. The first-order chi connectivity index (χ1) is 53.0. The second kappa shape index (κ2) is 33.3. The monoisotopic (exact) mass is 1860 g/mol. The minimum Gasteiger partial charge on any atom is -0.476 e. The van der Waals surface area contributed by atoms with Crippen molar-refractivity contribution in [2.45, 2.75) is 211 Å². The van der Waals surface area contributed by atoms with Crippen LogP contribution in [0.4, 0.5) is 105 Å². The Hall–Kier alpha value is -7.31. The fourth-order valence-electron chi connectivity index (χ4n) is 15.6. The molecule has 0 bridgehead atoms. The molecule has 3 aliphatic carbocycles. The first kappa shape index (κ1) is 93.6. The van der Waals surface area contributed by atoms with Crippen LogP contribution in [0.15, 0.2) is 151 Å². The summed E-state index contributed by atoms with van der Waals surface area (Å²) in [5.74, 6) is 0.849. The molecule has 0 aromatic heterocycles. The zero-order valence-corrected chi connectivity index (χ0v) is 68.8. The second-order valence-electron chi connectivity index (χ2n) is 34.0. The van der Waals surface area contributed by atoms with E-state index in [1.807, 2.05) is 0 Å². The van der Waals surface area contributed by atoms with Gasteiger partial charge in [0.25, 0.3) is 0 Å². The van der Waals surface area contributed by atoms with Crippen LogP contribution < -0.4 is 37.8 Å². The van der Waals surface area contributed by atoms with E-state index in [9.17, 15) is 105 Å². The third kappa shape index (κ3) is 20.8. The Balaban J connectivity index is 0.000000242. The summed E-state index contributed by atoms with van der Waals surface area (Å²) < 4.78 is 347. The molecule has 2 nitrogen and oxygen atoms in total. The van der Waals surface area contributed by atoms with E-state index < -0.39 is 203 Å². The molecule has 1 aliphatic heterocycles. The summed E-state index contributed by atoms with van der Waals surface area (Å²) in [5, 5.41) is 4.48. The molecule has 117 heavy (non-hydrogen) atoms. The molecule has 1 heterocycles. The number of aryl methyl sites for hydroxylation is 2. The van der Waals surface area contributed by atoms with E-state index in [4.69, 9.17) is 9.73 Å². The molecule has 4 aliphatic rings. The third-order valence-electron chi connectivity index (χ3n) is 21.5. The molecule has 5 radical (unpaired) electrons. The smallest absolute Gasteiger partial charge is 0.416 e. The van der Waals surface area contributed by atoms with Crippen molar-refractivity contribution in [3.05, 3.63) is 266 Å². The molecule has 633 valence electrons. The summed E-state index contributed by atoms with van der Waals surface area (Å²) in [6, 6.07) is 20.7. The first-order valence-corrected chi connectivity index (χ1v) is 38.6. The van der Waals surface area contributed by atoms with Gasteiger partial charge in [-0.1, -0.05) is 198 Å². The van der Waals surface area contributed by atoms with Gasteiger partial charge in [-0.05, 0) is 197 Å². The van der Waals surface area contributed by atoms with Crippen molar-refractivity contribution in [3.63, 3.8) is 0 Å². The van der Waals surface area contributed by atoms with Crippen molar-refractivity contribution in [2.24, 2.45) is 4.99 Å². The Kier molecular flexibility index (Phi) is 26.6. The van der Waals surface area contributed by atoms with Gasteiger partial charge in [0.1, 0.15) is 12.8 Å². The molecule has 8 aromatic carbocycles. The predicted octanol–water partition coefficient (Wildman–Crippen LogP) is 24.2. The number of alkyl halides is 24. The van der Waals surface area contributed by atoms with Gasteiger partial charge in [-0.3, -0.25) is 0 Å². The fourth-order valence-corrected chi connectivity index (χ4v) is 18.3. The van der Waals surface area contributed by atoms with Crippen LogP contribution in [-0.4, -0.2) is 25.2 Å². The first-order valence-electron chi connectivity index (χ1n) is 37.2. The number of aliphatic imine (C=N–C) groups is 1. The number of hydrogen-bond donors (Lipinski definition) is 0. The standard InChI is InChI=1S/C48H60NOP.C32H12BF24.C8H12.Ir/c1-44(2,3)33-25-34(45(4,5)6)28-37(27-33)51(38-29-35(46(7,8)9)26-36(30-38)47(10,11)12)40-18-14-16-32-20-22-48(42(32)40)21-19-31-15-13-17-39(41(31)48)43-49-23-24-50-43;34-25(35,36)13-1-14(26(37,38)39)6-21(5-13)33(22-7-15(27(40,41)42)2-16(8-22)28(43,44)45,23-9-17(29(46,47)48)3-18(10-23)30(49,50)51)24-11-19(31(52,53)54)4-20(12-24)32(55,56)57;1-2-4-6-8-7-5-3-1;/h13-18,25-30H,19-24H2,1-12H3;1-12H;1-2,7-8H,3-6H2;/q;-1;;/t48-;;;/m1.../s1. The van der Waals surface area contributed by atoms with Crippen molar-refractivity contribution >= 4 is 57.7 Å². The largest absolute Gasteiger partial charge is 0.476 e. The number of ether oxygens (including phenoxy) is 1. The van der Waals surface area contributed by atoms with Crippen LogP contribution in [0.1, 0.15) is 216 Å².